The molecule has 0 saturated heterocycles. The van der Waals surface area contributed by atoms with E-state index in [0.29, 0.717) is 23.5 Å². The molecule has 0 saturated carbocycles. The molecule has 5 nitrogen and oxygen atoms in total. The molecule has 28 heavy (non-hydrogen) atoms. The number of amides is 2. The third-order valence-electron chi connectivity index (χ3n) is 4.48. The number of carbonyl (C=O) groups is 2. The van der Waals surface area contributed by atoms with Crippen LogP contribution >= 0.6 is 0 Å². The molecular weight excluding hydrogens is 350 g/mol. The van der Waals surface area contributed by atoms with Crippen molar-refractivity contribution in [2.75, 3.05) is 10.6 Å². The van der Waals surface area contributed by atoms with E-state index >= 15 is 0 Å². The fourth-order valence-electron chi connectivity index (χ4n) is 3.02. The first-order chi connectivity index (χ1) is 13.6. The summed E-state index contributed by atoms with van der Waals surface area (Å²) >= 11 is 0. The number of pyridine rings is 1. The molecule has 0 spiro atoms. The van der Waals surface area contributed by atoms with Gasteiger partial charge in [-0.2, -0.15) is 0 Å². The van der Waals surface area contributed by atoms with Crippen molar-refractivity contribution in [1.82, 2.24) is 4.98 Å². The van der Waals surface area contributed by atoms with E-state index in [1.165, 1.54) is 0 Å². The molecule has 3 aromatic rings. The Balaban J connectivity index is 1.72. The Morgan fingerprint density at radius 2 is 1.75 bits per heavy atom. The maximum atomic E-state index is 12.7. The van der Waals surface area contributed by atoms with Gasteiger partial charge in [-0.1, -0.05) is 43.3 Å². The van der Waals surface area contributed by atoms with Crippen LogP contribution in [0.15, 0.2) is 72.9 Å². The van der Waals surface area contributed by atoms with Gasteiger partial charge in [0.1, 0.15) is 5.82 Å². The van der Waals surface area contributed by atoms with Crippen molar-refractivity contribution >= 4 is 23.3 Å². The van der Waals surface area contributed by atoms with Crippen LogP contribution in [0, 0.1) is 6.92 Å². The highest BCUT2D eigenvalue weighted by Crippen LogP contribution is 2.22. The lowest BCUT2D eigenvalue weighted by molar-refractivity contribution is -0.117. The highest BCUT2D eigenvalue weighted by Gasteiger charge is 2.19. The molecule has 3 rings (SSSR count). The smallest absolute Gasteiger partial charge is 0.256 e. The number of aromatic nitrogens is 1. The summed E-state index contributed by atoms with van der Waals surface area (Å²) in [6, 6.07) is 20.2. The minimum atomic E-state index is -0.274. The fraction of sp³-hybridized carbons (Fsp3) is 0.174. The number of hydrogen-bond donors (Lipinski definition) is 2. The minimum absolute atomic E-state index is 0.0911. The largest absolute Gasteiger partial charge is 0.326 e. The van der Waals surface area contributed by atoms with E-state index in [4.69, 9.17) is 0 Å². The summed E-state index contributed by atoms with van der Waals surface area (Å²) in [5.74, 6) is -0.111. The van der Waals surface area contributed by atoms with Gasteiger partial charge >= 0.3 is 0 Å². The van der Waals surface area contributed by atoms with Gasteiger partial charge in [0.15, 0.2) is 0 Å². The Morgan fingerprint density at radius 1 is 0.964 bits per heavy atom. The summed E-state index contributed by atoms with van der Waals surface area (Å²) in [7, 11) is 0. The molecule has 1 unspecified atom stereocenters. The Morgan fingerprint density at radius 3 is 2.46 bits per heavy atom. The third kappa shape index (κ3) is 4.82. The molecule has 1 heterocycles. The van der Waals surface area contributed by atoms with Gasteiger partial charge in [0, 0.05) is 17.4 Å². The van der Waals surface area contributed by atoms with Crippen LogP contribution in [0.2, 0.25) is 0 Å². The van der Waals surface area contributed by atoms with Gasteiger partial charge in [0.2, 0.25) is 5.91 Å². The van der Waals surface area contributed by atoms with Gasteiger partial charge in [-0.25, -0.2) is 4.98 Å². The van der Waals surface area contributed by atoms with E-state index in [1.54, 1.807) is 36.5 Å². The highest BCUT2D eigenvalue weighted by atomic mass is 16.2. The van der Waals surface area contributed by atoms with Gasteiger partial charge in [-0.05, 0) is 54.8 Å². The van der Waals surface area contributed by atoms with E-state index in [0.717, 1.165) is 11.1 Å². The average Bonchev–Trinajstić information content (AvgIpc) is 2.69. The molecule has 2 aromatic carbocycles. The number of hydrogen-bond acceptors (Lipinski definition) is 3. The zero-order valence-corrected chi connectivity index (χ0v) is 16.0. The van der Waals surface area contributed by atoms with Crippen molar-refractivity contribution in [1.29, 1.82) is 0 Å². The molecule has 5 heteroatoms. The SMILES string of the molecule is CCC(C(=O)Nc1cccc(C(=O)Nc2cc(C)ccn2)c1)c1ccccc1. The Kier molecular flexibility index (Phi) is 6.17. The molecule has 0 aliphatic carbocycles. The predicted molar refractivity (Wildman–Crippen MR) is 111 cm³/mol. The molecule has 2 N–H and O–H groups in total. The van der Waals surface area contributed by atoms with Crippen molar-refractivity contribution < 1.29 is 9.59 Å². The average molecular weight is 373 g/mol. The number of nitrogens with zero attached hydrogens (tertiary/aromatic N) is 1. The van der Waals surface area contributed by atoms with Crippen molar-refractivity contribution in [2.24, 2.45) is 0 Å². The molecule has 2 amide bonds. The number of aryl methyl sites for hydroxylation is 1. The fourth-order valence-corrected chi connectivity index (χ4v) is 3.02. The normalized spacial score (nSPS) is 11.5. The summed E-state index contributed by atoms with van der Waals surface area (Å²) in [5, 5.41) is 5.70. The van der Waals surface area contributed by atoms with Gasteiger partial charge in [0.05, 0.1) is 5.92 Å². The zero-order chi connectivity index (χ0) is 19.9. The molecular formula is C23H23N3O2. The predicted octanol–water partition coefficient (Wildman–Crippen LogP) is 4.77. The zero-order valence-electron chi connectivity index (χ0n) is 16.0. The lowest BCUT2D eigenvalue weighted by atomic mass is 9.95. The van der Waals surface area contributed by atoms with Crippen molar-refractivity contribution in [3.63, 3.8) is 0 Å². The molecule has 0 fully saturated rings. The van der Waals surface area contributed by atoms with Crippen LogP contribution < -0.4 is 10.6 Å². The summed E-state index contributed by atoms with van der Waals surface area (Å²) < 4.78 is 0. The van der Waals surface area contributed by atoms with Crippen LogP contribution in [0.3, 0.4) is 0 Å². The minimum Gasteiger partial charge on any atom is -0.326 e. The quantitative estimate of drug-likeness (QED) is 0.653. The molecule has 0 aliphatic heterocycles. The number of rotatable bonds is 6. The number of benzene rings is 2. The molecule has 142 valence electrons. The van der Waals surface area contributed by atoms with Crippen LogP contribution in [-0.4, -0.2) is 16.8 Å². The summed E-state index contributed by atoms with van der Waals surface area (Å²) in [6.07, 6.45) is 2.34. The van der Waals surface area contributed by atoms with Crippen LogP contribution in [0.4, 0.5) is 11.5 Å². The van der Waals surface area contributed by atoms with E-state index in [9.17, 15) is 9.59 Å². The second-order valence-corrected chi connectivity index (χ2v) is 6.61. The van der Waals surface area contributed by atoms with Crippen molar-refractivity contribution in [3.05, 3.63) is 89.6 Å². The van der Waals surface area contributed by atoms with Crippen molar-refractivity contribution in [3.8, 4) is 0 Å². The number of carbonyl (C=O) groups excluding carboxylic acids is 2. The van der Waals surface area contributed by atoms with Crippen LogP contribution in [0.5, 0.6) is 0 Å². The van der Waals surface area contributed by atoms with E-state index < -0.39 is 0 Å². The number of nitrogens with one attached hydrogen (secondary N) is 2. The second-order valence-electron chi connectivity index (χ2n) is 6.61. The van der Waals surface area contributed by atoms with E-state index in [-0.39, 0.29) is 17.7 Å². The Labute approximate surface area is 164 Å². The lowest BCUT2D eigenvalue weighted by Gasteiger charge is -2.16. The summed E-state index contributed by atoms with van der Waals surface area (Å²) in [6.45, 7) is 3.92. The maximum Gasteiger partial charge on any atom is 0.256 e. The standard InChI is InChI=1S/C23H23N3O2/c1-3-20(17-8-5-4-6-9-17)23(28)25-19-11-7-10-18(15-19)22(27)26-21-14-16(2)12-13-24-21/h4-15,20H,3H2,1-2H3,(H,25,28)(H,24,26,27). The van der Waals surface area contributed by atoms with E-state index in [2.05, 4.69) is 15.6 Å². The van der Waals surface area contributed by atoms with Gasteiger partial charge in [-0.3, -0.25) is 9.59 Å². The number of anilines is 2. The second kappa shape index (κ2) is 8.95. The first-order valence-electron chi connectivity index (χ1n) is 9.26. The van der Waals surface area contributed by atoms with Crippen LogP contribution in [-0.2, 0) is 4.79 Å². The van der Waals surface area contributed by atoms with Crippen LogP contribution in [0.1, 0.15) is 40.7 Å². The monoisotopic (exact) mass is 373 g/mol. The van der Waals surface area contributed by atoms with Gasteiger partial charge in [-0.15, -0.1) is 0 Å². The molecule has 1 aromatic heterocycles. The van der Waals surface area contributed by atoms with E-state index in [1.807, 2.05) is 50.2 Å². The first kappa shape index (κ1) is 19.3. The van der Waals surface area contributed by atoms with Crippen LogP contribution in [0.25, 0.3) is 0 Å². The lowest BCUT2D eigenvalue weighted by Crippen LogP contribution is -2.21. The summed E-state index contributed by atoms with van der Waals surface area (Å²) in [5.41, 5.74) is 3.03. The molecule has 0 radical (unpaired) electrons. The molecule has 0 aliphatic rings. The molecule has 1 atom stereocenters. The van der Waals surface area contributed by atoms with Gasteiger partial charge < -0.3 is 10.6 Å². The Hall–Kier alpha value is -3.47. The third-order valence-corrected chi connectivity index (χ3v) is 4.48. The highest BCUT2D eigenvalue weighted by molar-refractivity contribution is 6.05. The topological polar surface area (TPSA) is 71.1 Å². The summed E-state index contributed by atoms with van der Waals surface area (Å²) in [4.78, 5) is 29.4. The van der Waals surface area contributed by atoms with Crippen molar-refractivity contribution in [2.45, 2.75) is 26.2 Å². The maximum absolute atomic E-state index is 12.7. The van der Waals surface area contributed by atoms with Gasteiger partial charge in [0.25, 0.3) is 5.91 Å². The Bertz CT molecular complexity index is 970. The first-order valence-corrected chi connectivity index (χ1v) is 9.26. The molecule has 0 bridgehead atoms.